The highest BCUT2D eigenvalue weighted by Crippen LogP contribution is 2.17. The molecule has 0 saturated carbocycles. The molecular weight excluding hydrogens is 256 g/mol. The number of piperidine rings is 1. The third-order valence-electron chi connectivity index (χ3n) is 3.88. The quantitative estimate of drug-likeness (QED) is 0.840. The van der Waals surface area contributed by atoms with E-state index in [9.17, 15) is 9.59 Å². The fraction of sp³-hybridized carbons (Fsp3) is 0.467. The number of fused-ring (bicyclic) bond motifs is 1. The highest BCUT2D eigenvalue weighted by atomic mass is 16.4. The molecule has 0 bridgehead atoms. The van der Waals surface area contributed by atoms with Crippen LogP contribution in [0.3, 0.4) is 0 Å². The maximum atomic E-state index is 12.3. The molecule has 0 unspecified atom stereocenters. The van der Waals surface area contributed by atoms with E-state index in [2.05, 4.69) is 6.92 Å². The van der Waals surface area contributed by atoms with Gasteiger partial charge in [-0.05, 0) is 30.9 Å². The topological polar surface area (TPSA) is 55.5 Å². The molecule has 3 rings (SSSR count). The molecule has 5 nitrogen and oxygen atoms in total. The number of amides is 1. The second-order valence-corrected chi connectivity index (χ2v) is 5.51. The summed E-state index contributed by atoms with van der Waals surface area (Å²) in [4.78, 5) is 26.0. The van der Waals surface area contributed by atoms with Crippen molar-refractivity contribution in [1.82, 2.24) is 9.47 Å². The van der Waals surface area contributed by atoms with Gasteiger partial charge in [-0.3, -0.25) is 9.36 Å². The zero-order chi connectivity index (χ0) is 14.1. The van der Waals surface area contributed by atoms with Gasteiger partial charge in [-0.1, -0.05) is 19.1 Å². The minimum atomic E-state index is -0.468. The lowest BCUT2D eigenvalue weighted by atomic mass is 10.0. The monoisotopic (exact) mass is 274 g/mol. The van der Waals surface area contributed by atoms with Crippen LogP contribution in [0.4, 0.5) is 0 Å². The summed E-state index contributed by atoms with van der Waals surface area (Å²) < 4.78 is 6.56. The lowest BCUT2D eigenvalue weighted by Crippen LogP contribution is -2.41. The van der Waals surface area contributed by atoms with E-state index in [1.165, 1.54) is 11.0 Å². The predicted octanol–water partition coefficient (Wildman–Crippen LogP) is 1.85. The van der Waals surface area contributed by atoms with Crippen LogP contribution < -0.4 is 5.76 Å². The van der Waals surface area contributed by atoms with Gasteiger partial charge >= 0.3 is 5.76 Å². The summed E-state index contributed by atoms with van der Waals surface area (Å²) in [5, 5.41) is 0. The smallest absolute Gasteiger partial charge is 0.408 e. The zero-order valence-corrected chi connectivity index (χ0v) is 11.5. The van der Waals surface area contributed by atoms with Gasteiger partial charge in [0, 0.05) is 13.1 Å². The molecule has 1 aromatic carbocycles. The minimum absolute atomic E-state index is 0.00907. The molecule has 1 amide bonds. The van der Waals surface area contributed by atoms with E-state index in [0.29, 0.717) is 17.0 Å². The van der Waals surface area contributed by atoms with Crippen molar-refractivity contribution >= 4 is 17.0 Å². The third-order valence-corrected chi connectivity index (χ3v) is 3.88. The van der Waals surface area contributed by atoms with E-state index in [1.807, 2.05) is 17.0 Å². The van der Waals surface area contributed by atoms with Crippen molar-refractivity contribution in [1.29, 1.82) is 0 Å². The standard InChI is InChI=1S/C15H18N2O3/c1-11-5-4-8-16(9-11)14(18)10-17-12-6-2-3-7-13(12)20-15(17)19/h2-3,6-7,11H,4-5,8-10H2,1H3/t11-/m0/s1. The van der Waals surface area contributed by atoms with Crippen LogP contribution in [0.25, 0.3) is 11.1 Å². The Balaban J connectivity index is 1.84. The van der Waals surface area contributed by atoms with E-state index in [4.69, 9.17) is 4.42 Å². The SMILES string of the molecule is C[C@H]1CCCN(C(=O)Cn2c(=O)oc3ccccc32)C1. The fourth-order valence-corrected chi connectivity index (χ4v) is 2.81. The Morgan fingerprint density at radius 1 is 1.40 bits per heavy atom. The zero-order valence-electron chi connectivity index (χ0n) is 11.5. The first-order chi connectivity index (χ1) is 9.65. The van der Waals surface area contributed by atoms with Crippen molar-refractivity contribution in [2.45, 2.75) is 26.3 Å². The first kappa shape index (κ1) is 13.0. The molecule has 106 valence electrons. The summed E-state index contributed by atoms with van der Waals surface area (Å²) in [7, 11) is 0. The van der Waals surface area contributed by atoms with Gasteiger partial charge in [0.25, 0.3) is 0 Å². The number of carbonyl (C=O) groups is 1. The van der Waals surface area contributed by atoms with E-state index in [-0.39, 0.29) is 12.5 Å². The maximum Gasteiger partial charge on any atom is 0.420 e. The summed E-state index contributed by atoms with van der Waals surface area (Å²) >= 11 is 0. The Kier molecular flexibility index (Phi) is 3.34. The fourth-order valence-electron chi connectivity index (χ4n) is 2.81. The van der Waals surface area contributed by atoms with Crippen LogP contribution in [-0.4, -0.2) is 28.5 Å². The summed E-state index contributed by atoms with van der Waals surface area (Å²) in [5.41, 5.74) is 1.20. The van der Waals surface area contributed by atoms with Crippen molar-refractivity contribution in [3.63, 3.8) is 0 Å². The van der Waals surface area contributed by atoms with Gasteiger partial charge in [0.1, 0.15) is 6.54 Å². The van der Waals surface area contributed by atoms with Crippen molar-refractivity contribution in [2.24, 2.45) is 5.92 Å². The normalized spacial score (nSPS) is 19.4. The first-order valence-corrected chi connectivity index (χ1v) is 7.01. The van der Waals surface area contributed by atoms with Crippen LogP contribution in [0.1, 0.15) is 19.8 Å². The molecule has 1 aliphatic heterocycles. The molecule has 0 aliphatic carbocycles. The van der Waals surface area contributed by atoms with Crippen LogP contribution in [0.5, 0.6) is 0 Å². The molecule has 0 N–H and O–H groups in total. The molecule has 0 radical (unpaired) electrons. The molecule has 1 fully saturated rings. The molecule has 1 saturated heterocycles. The number of rotatable bonds is 2. The Labute approximate surface area is 116 Å². The van der Waals surface area contributed by atoms with Crippen LogP contribution in [0.15, 0.2) is 33.5 Å². The van der Waals surface area contributed by atoms with E-state index in [0.717, 1.165) is 19.5 Å². The average molecular weight is 274 g/mol. The lowest BCUT2D eigenvalue weighted by molar-refractivity contribution is -0.133. The Morgan fingerprint density at radius 3 is 3.00 bits per heavy atom. The number of hydrogen-bond donors (Lipinski definition) is 0. The molecule has 0 spiro atoms. The third kappa shape index (κ3) is 2.35. The van der Waals surface area contributed by atoms with Gasteiger partial charge in [0.05, 0.1) is 5.52 Å². The second kappa shape index (κ2) is 5.15. The average Bonchev–Trinajstić information content (AvgIpc) is 2.75. The van der Waals surface area contributed by atoms with Crippen molar-refractivity contribution in [3.8, 4) is 0 Å². The predicted molar refractivity (Wildman–Crippen MR) is 75.5 cm³/mol. The number of para-hydroxylation sites is 2. The summed E-state index contributed by atoms with van der Waals surface area (Å²) in [6, 6.07) is 7.18. The van der Waals surface area contributed by atoms with Gasteiger partial charge in [-0.15, -0.1) is 0 Å². The second-order valence-electron chi connectivity index (χ2n) is 5.51. The Bertz CT molecular complexity index is 686. The molecule has 5 heteroatoms. The van der Waals surface area contributed by atoms with Gasteiger partial charge in [0.2, 0.25) is 5.91 Å². The highest BCUT2D eigenvalue weighted by molar-refractivity contribution is 5.79. The minimum Gasteiger partial charge on any atom is -0.408 e. The number of nitrogens with zero attached hydrogens (tertiary/aromatic N) is 2. The number of aromatic nitrogens is 1. The van der Waals surface area contributed by atoms with Crippen LogP contribution >= 0.6 is 0 Å². The van der Waals surface area contributed by atoms with Crippen molar-refractivity contribution < 1.29 is 9.21 Å². The molecule has 1 aliphatic rings. The summed E-state index contributed by atoms with van der Waals surface area (Å²) in [6.45, 7) is 3.78. The largest absolute Gasteiger partial charge is 0.420 e. The van der Waals surface area contributed by atoms with Crippen LogP contribution in [0, 0.1) is 5.92 Å². The van der Waals surface area contributed by atoms with E-state index >= 15 is 0 Å². The maximum absolute atomic E-state index is 12.3. The summed E-state index contributed by atoms with van der Waals surface area (Å²) in [5.74, 6) is 0.0559. The van der Waals surface area contributed by atoms with Gasteiger partial charge in [0.15, 0.2) is 5.58 Å². The molecule has 20 heavy (non-hydrogen) atoms. The van der Waals surface area contributed by atoms with Gasteiger partial charge in [-0.2, -0.15) is 0 Å². The molecular formula is C15H18N2O3. The van der Waals surface area contributed by atoms with Crippen LogP contribution in [-0.2, 0) is 11.3 Å². The number of carbonyl (C=O) groups excluding carboxylic acids is 1. The molecule has 2 heterocycles. The van der Waals surface area contributed by atoms with E-state index in [1.54, 1.807) is 12.1 Å². The summed E-state index contributed by atoms with van der Waals surface area (Å²) in [6.07, 6.45) is 2.20. The van der Waals surface area contributed by atoms with Gasteiger partial charge in [-0.25, -0.2) is 4.79 Å². The van der Waals surface area contributed by atoms with Gasteiger partial charge < -0.3 is 9.32 Å². The van der Waals surface area contributed by atoms with Crippen molar-refractivity contribution in [3.05, 3.63) is 34.8 Å². The molecule has 1 aromatic heterocycles. The lowest BCUT2D eigenvalue weighted by Gasteiger charge is -2.30. The highest BCUT2D eigenvalue weighted by Gasteiger charge is 2.22. The van der Waals surface area contributed by atoms with Crippen LogP contribution in [0.2, 0.25) is 0 Å². The first-order valence-electron chi connectivity index (χ1n) is 7.01. The number of benzene rings is 1. The number of hydrogen-bond acceptors (Lipinski definition) is 3. The Hall–Kier alpha value is -2.04. The number of likely N-dealkylation sites (tertiary alicyclic amines) is 1. The van der Waals surface area contributed by atoms with Crippen molar-refractivity contribution in [2.75, 3.05) is 13.1 Å². The Morgan fingerprint density at radius 2 is 2.20 bits per heavy atom. The number of oxazole rings is 1. The molecule has 2 aromatic rings. The molecule has 1 atom stereocenters. The van der Waals surface area contributed by atoms with E-state index < -0.39 is 5.76 Å².